The zero-order valence-electron chi connectivity index (χ0n) is 10.8. The molecule has 0 aromatic heterocycles. The predicted molar refractivity (Wildman–Crippen MR) is 76.8 cm³/mol. The zero-order valence-corrected chi connectivity index (χ0v) is 13.2. The molecule has 0 saturated heterocycles. The van der Waals surface area contributed by atoms with Gasteiger partial charge in [0.1, 0.15) is 10.6 Å². The molecule has 3 N–H and O–H groups in total. The summed E-state index contributed by atoms with van der Waals surface area (Å²) < 4.78 is 29.0. The van der Waals surface area contributed by atoms with Gasteiger partial charge in [-0.25, -0.2) is 13.6 Å². The summed E-state index contributed by atoms with van der Waals surface area (Å²) in [6.45, 7) is 1.56. The minimum Gasteiger partial charge on any atom is -0.479 e. The van der Waals surface area contributed by atoms with Gasteiger partial charge in [0, 0.05) is 10.5 Å². The Bertz CT molecular complexity index is 628. The van der Waals surface area contributed by atoms with E-state index in [9.17, 15) is 13.2 Å². The van der Waals surface area contributed by atoms with Crippen molar-refractivity contribution in [3.05, 3.63) is 22.7 Å². The van der Waals surface area contributed by atoms with Gasteiger partial charge in [-0.15, -0.1) is 0 Å². The van der Waals surface area contributed by atoms with E-state index in [0.29, 0.717) is 4.47 Å². The van der Waals surface area contributed by atoms with Crippen molar-refractivity contribution in [3.8, 4) is 5.75 Å². The number of nitrogens with one attached hydrogen (secondary N) is 1. The van der Waals surface area contributed by atoms with Crippen molar-refractivity contribution in [3.63, 3.8) is 0 Å². The van der Waals surface area contributed by atoms with Crippen LogP contribution in [0.3, 0.4) is 0 Å². The monoisotopic (exact) mass is 362 g/mol. The second-order valence-corrected chi connectivity index (χ2v) is 7.12. The van der Waals surface area contributed by atoms with Crippen LogP contribution in [0.25, 0.3) is 0 Å². The van der Waals surface area contributed by atoms with Gasteiger partial charge >= 0.3 is 0 Å². The van der Waals surface area contributed by atoms with Gasteiger partial charge in [0.15, 0.2) is 6.10 Å². The summed E-state index contributed by atoms with van der Waals surface area (Å²) in [7, 11) is -3.92. The number of primary sulfonamides is 1. The second-order valence-electron chi connectivity index (χ2n) is 4.68. The van der Waals surface area contributed by atoms with Gasteiger partial charge in [0.25, 0.3) is 5.91 Å². The van der Waals surface area contributed by atoms with E-state index in [1.807, 2.05) is 0 Å². The molecule has 2 rings (SSSR count). The zero-order chi connectivity index (χ0) is 14.9. The third-order valence-corrected chi connectivity index (χ3v) is 4.23. The molecule has 6 nitrogen and oxygen atoms in total. The largest absolute Gasteiger partial charge is 0.479 e. The van der Waals surface area contributed by atoms with E-state index in [-0.39, 0.29) is 22.6 Å². The first-order valence-electron chi connectivity index (χ1n) is 6.07. The van der Waals surface area contributed by atoms with Gasteiger partial charge in [0.2, 0.25) is 10.0 Å². The van der Waals surface area contributed by atoms with E-state index in [1.165, 1.54) is 12.1 Å². The summed E-state index contributed by atoms with van der Waals surface area (Å²) in [6, 6.07) is 4.65. The summed E-state index contributed by atoms with van der Waals surface area (Å²) in [5.41, 5.74) is 0. The molecule has 1 aromatic rings. The summed E-state index contributed by atoms with van der Waals surface area (Å²) in [5, 5.41) is 7.93. The Balaban J connectivity index is 2.17. The molecule has 0 aliphatic heterocycles. The van der Waals surface area contributed by atoms with Crippen LogP contribution in [0.15, 0.2) is 27.6 Å². The fourth-order valence-corrected chi connectivity index (χ4v) is 2.79. The number of amides is 1. The number of carbonyl (C=O) groups excluding carboxylic acids is 1. The van der Waals surface area contributed by atoms with Gasteiger partial charge in [-0.05, 0) is 38.0 Å². The lowest BCUT2D eigenvalue weighted by atomic mass is 10.3. The quantitative estimate of drug-likeness (QED) is 0.820. The van der Waals surface area contributed by atoms with E-state index in [1.54, 1.807) is 13.0 Å². The molecule has 0 spiro atoms. The van der Waals surface area contributed by atoms with Crippen molar-refractivity contribution in [1.82, 2.24) is 5.32 Å². The standard InChI is InChI=1S/C12H15BrN2O4S/c1-7(12(16)15-9-3-4-9)19-10-5-2-8(13)6-11(10)20(14,17)18/h2,5-7,9H,3-4H2,1H3,(H,15,16)(H2,14,17,18). The molecule has 0 heterocycles. The Labute approximate surface area is 125 Å². The molecule has 1 amide bonds. The Morgan fingerprint density at radius 1 is 1.50 bits per heavy atom. The van der Waals surface area contributed by atoms with Crippen molar-refractivity contribution in [1.29, 1.82) is 0 Å². The molecular weight excluding hydrogens is 348 g/mol. The molecule has 1 aromatic carbocycles. The van der Waals surface area contributed by atoms with Crippen molar-refractivity contribution >= 4 is 31.9 Å². The third kappa shape index (κ3) is 3.94. The maximum atomic E-state index is 11.8. The number of ether oxygens (including phenoxy) is 1. The number of carbonyl (C=O) groups is 1. The van der Waals surface area contributed by atoms with E-state index in [4.69, 9.17) is 9.88 Å². The van der Waals surface area contributed by atoms with Gasteiger partial charge in [-0.1, -0.05) is 15.9 Å². The first kappa shape index (κ1) is 15.3. The maximum absolute atomic E-state index is 11.8. The Hall–Kier alpha value is -1.12. The summed E-state index contributed by atoms with van der Waals surface area (Å²) in [5.74, 6) is -0.204. The highest BCUT2D eigenvalue weighted by Crippen LogP contribution is 2.27. The number of sulfonamides is 1. The molecular formula is C12H15BrN2O4S. The van der Waals surface area contributed by atoms with Crippen LogP contribution in [0, 0.1) is 0 Å². The number of halogens is 1. The number of hydrogen-bond acceptors (Lipinski definition) is 4. The van der Waals surface area contributed by atoms with Gasteiger partial charge < -0.3 is 10.1 Å². The molecule has 0 radical (unpaired) electrons. The summed E-state index contributed by atoms with van der Waals surface area (Å²) >= 11 is 3.17. The first-order chi connectivity index (χ1) is 9.27. The molecule has 1 atom stereocenters. The highest BCUT2D eigenvalue weighted by molar-refractivity contribution is 9.10. The van der Waals surface area contributed by atoms with Crippen LogP contribution in [0.1, 0.15) is 19.8 Å². The van der Waals surface area contributed by atoms with Crippen molar-refractivity contribution in [2.75, 3.05) is 0 Å². The number of hydrogen-bond donors (Lipinski definition) is 2. The van der Waals surface area contributed by atoms with Crippen molar-refractivity contribution in [2.45, 2.75) is 36.8 Å². The van der Waals surface area contributed by atoms with Gasteiger partial charge in [-0.3, -0.25) is 4.79 Å². The van der Waals surface area contributed by atoms with Crippen LogP contribution in [-0.2, 0) is 14.8 Å². The predicted octanol–water partition coefficient (Wildman–Crippen LogP) is 1.14. The molecule has 1 aliphatic carbocycles. The molecule has 20 heavy (non-hydrogen) atoms. The molecule has 1 fully saturated rings. The molecule has 0 bridgehead atoms. The molecule has 1 saturated carbocycles. The average molecular weight is 363 g/mol. The normalized spacial score (nSPS) is 16.6. The molecule has 1 unspecified atom stereocenters. The minimum atomic E-state index is -3.92. The Morgan fingerprint density at radius 2 is 2.15 bits per heavy atom. The number of nitrogens with two attached hydrogens (primary N) is 1. The lowest BCUT2D eigenvalue weighted by molar-refractivity contribution is -0.127. The lowest BCUT2D eigenvalue weighted by Gasteiger charge is -2.16. The van der Waals surface area contributed by atoms with Gasteiger partial charge in [-0.2, -0.15) is 0 Å². The van der Waals surface area contributed by atoms with Crippen molar-refractivity contribution < 1.29 is 17.9 Å². The van der Waals surface area contributed by atoms with Crippen LogP contribution in [0.4, 0.5) is 0 Å². The van der Waals surface area contributed by atoms with E-state index < -0.39 is 16.1 Å². The lowest BCUT2D eigenvalue weighted by Crippen LogP contribution is -2.37. The second kappa shape index (κ2) is 5.71. The van der Waals surface area contributed by atoms with Crippen LogP contribution in [0.2, 0.25) is 0 Å². The SMILES string of the molecule is CC(Oc1ccc(Br)cc1S(N)(=O)=O)C(=O)NC1CC1. The molecule has 110 valence electrons. The summed E-state index contributed by atoms with van der Waals surface area (Å²) in [6.07, 6.45) is 1.15. The van der Waals surface area contributed by atoms with Crippen LogP contribution in [-0.4, -0.2) is 26.5 Å². The van der Waals surface area contributed by atoms with Crippen LogP contribution < -0.4 is 15.2 Å². The maximum Gasteiger partial charge on any atom is 0.260 e. The summed E-state index contributed by atoms with van der Waals surface area (Å²) in [4.78, 5) is 11.6. The van der Waals surface area contributed by atoms with Gasteiger partial charge in [0.05, 0.1) is 0 Å². The fourth-order valence-electron chi connectivity index (χ4n) is 1.59. The number of benzene rings is 1. The van der Waals surface area contributed by atoms with Crippen LogP contribution in [0.5, 0.6) is 5.75 Å². The van der Waals surface area contributed by atoms with E-state index >= 15 is 0 Å². The fraction of sp³-hybridized carbons (Fsp3) is 0.417. The van der Waals surface area contributed by atoms with E-state index in [0.717, 1.165) is 12.8 Å². The first-order valence-corrected chi connectivity index (χ1v) is 8.40. The molecule has 1 aliphatic rings. The average Bonchev–Trinajstić information content (AvgIpc) is 3.13. The number of rotatable bonds is 5. The molecule has 8 heteroatoms. The smallest absolute Gasteiger partial charge is 0.260 e. The topological polar surface area (TPSA) is 98.5 Å². The van der Waals surface area contributed by atoms with Crippen molar-refractivity contribution in [2.24, 2.45) is 5.14 Å². The highest BCUT2D eigenvalue weighted by atomic mass is 79.9. The third-order valence-electron chi connectivity index (χ3n) is 2.81. The highest BCUT2D eigenvalue weighted by Gasteiger charge is 2.27. The Morgan fingerprint density at radius 3 is 2.70 bits per heavy atom. The van der Waals surface area contributed by atoms with E-state index in [2.05, 4.69) is 21.2 Å². The minimum absolute atomic E-state index is 0.0640. The van der Waals surface area contributed by atoms with Crippen LogP contribution >= 0.6 is 15.9 Å². The Kier molecular flexibility index (Phi) is 4.36.